The Morgan fingerprint density at radius 1 is 0.759 bits per heavy atom. The highest BCUT2D eigenvalue weighted by molar-refractivity contribution is 6.28. The van der Waals surface area contributed by atoms with E-state index < -0.39 is 0 Å². The minimum atomic E-state index is -0.286. The predicted octanol–water partition coefficient (Wildman–Crippen LogP) is 3.74. The van der Waals surface area contributed by atoms with Crippen molar-refractivity contribution in [1.82, 2.24) is 0 Å². The van der Waals surface area contributed by atoms with Crippen LogP contribution in [-0.2, 0) is 25.6 Å². The van der Waals surface area contributed by atoms with E-state index >= 15 is 0 Å². The Morgan fingerprint density at radius 3 is 1.59 bits per heavy atom. The van der Waals surface area contributed by atoms with Crippen LogP contribution in [0, 0.1) is 6.92 Å². The fraction of sp³-hybridized carbons (Fsp3) is 0.167. The van der Waals surface area contributed by atoms with Crippen molar-refractivity contribution in [2.24, 2.45) is 0 Å². The van der Waals surface area contributed by atoms with Gasteiger partial charge in [-0.25, -0.2) is 4.90 Å². The fourth-order valence-corrected chi connectivity index (χ4v) is 2.59. The number of hydrogen-bond acceptors (Lipinski definition) is 4. The van der Waals surface area contributed by atoms with Gasteiger partial charge >= 0.3 is 0 Å². The lowest BCUT2D eigenvalue weighted by Crippen LogP contribution is -2.29. The number of imide groups is 1. The van der Waals surface area contributed by atoms with Gasteiger partial charge in [-0.1, -0.05) is 42.0 Å². The highest BCUT2D eigenvalue weighted by Crippen LogP contribution is 2.20. The molecule has 0 radical (unpaired) electrons. The van der Waals surface area contributed by atoms with Gasteiger partial charge in [0.2, 0.25) is 0 Å². The maximum Gasteiger partial charge on any atom is 0.258 e. The number of amides is 2. The van der Waals surface area contributed by atoms with Crippen molar-refractivity contribution < 1.29 is 19.2 Å². The lowest BCUT2D eigenvalue weighted by atomic mass is 10.0. The summed E-state index contributed by atoms with van der Waals surface area (Å²) in [6.07, 6.45) is 5.93. The van der Waals surface area contributed by atoms with E-state index in [9.17, 15) is 19.2 Å². The van der Waals surface area contributed by atoms with Crippen molar-refractivity contribution in [3.8, 4) is 0 Å². The summed E-state index contributed by atoms with van der Waals surface area (Å²) in [5.41, 5.74) is 4.24. The lowest BCUT2D eigenvalue weighted by Gasteiger charge is -2.14. The Bertz CT molecular complexity index is 933. The van der Waals surface area contributed by atoms with Crippen LogP contribution in [0.5, 0.6) is 0 Å². The molecule has 0 bridgehead atoms. The molecule has 29 heavy (non-hydrogen) atoms. The molecule has 0 fully saturated rings. The number of anilines is 1. The molecule has 2 aromatic carbocycles. The Hall–Kier alpha value is -3.60. The third kappa shape index (κ3) is 6.81. The summed E-state index contributed by atoms with van der Waals surface area (Å²) in [7, 11) is 0. The number of nitrogens with zero attached hydrogens (tertiary/aromatic N) is 1. The minimum Gasteiger partial charge on any atom is -0.295 e. The van der Waals surface area contributed by atoms with Gasteiger partial charge in [-0.3, -0.25) is 19.2 Å². The lowest BCUT2D eigenvalue weighted by molar-refractivity contribution is -0.120. The molecular weight excluding hydrogens is 366 g/mol. The smallest absolute Gasteiger partial charge is 0.258 e. The van der Waals surface area contributed by atoms with Crippen molar-refractivity contribution in [3.63, 3.8) is 0 Å². The van der Waals surface area contributed by atoms with Gasteiger partial charge in [0.1, 0.15) is 0 Å². The summed E-state index contributed by atoms with van der Waals surface area (Å²) in [5.74, 6) is -0.766. The number of carbonyl (C=O) groups is 4. The first-order chi connectivity index (χ1) is 13.8. The first kappa shape index (κ1) is 21.7. The molecule has 0 spiro atoms. The molecule has 1 heterocycles. The Labute approximate surface area is 170 Å². The monoisotopic (exact) mass is 389 g/mol. The number of allylic oxidation sites excluding steroid dienone is 2. The molecule has 2 aromatic rings. The van der Waals surface area contributed by atoms with Crippen molar-refractivity contribution in [2.45, 2.75) is 27.2 Å². The van der Waals surface area contributed by atoms with Gasteiger partial charge in [0.25, 0.3) is 11.8 Å². The van der Waals surface area contributed by atoms with Crippen LogP contribution in [0.15, 0.2) is 72.8 Å². The van der Waals surface area contributed by atoms with E-state index in [0.29, 0.717) is 5.69 Å². The van der Waals surface area contributed by atoms with Crippen LogP contribution in [0.1, 0.15) is 30.5 Å². The van der Waals surface area contributed by atoms with Gasteiger partial charge in [-0.05, 0) is 62.6 Å². The van der Waals surface area contributed by atoms with Crippen molar-refractivity contribution in [1.29, 1.82) is 0 Å². The Kier molecular flexibility index (Phi) is 7.54. The van der Waals surface area contributed by atoms with Crippen LogP contribution in [0.25, 0.3) is 0 Å². The fourth-order valence-electron chi connectivity index (χ4n) is 2.59. The summed E-state index contributed by atoms with van der Waals surface area (Å²) in [6, 6.07) is 15.9. The quantitative estimate of drug-likeness (QED) is 0.577. The average molecular weight is 389 g/mol. The summed E-state index contributed by atoms with van der Waals surface area (Å²) < 4.78 is 0. The van der Waals surface area contributed by atoms with Gasteiger partial charge in [0, 0.05) is 12.2 Å². The molecule has 3 rings (SSSR count). The van der Waals surface area contributed by atoms with E-state index in [1.807, 2.05) is 24.3 Å². The average Bonchev–Trinajstić information content (AvgIpc) is 3.01. The molecule has 2 amide bonds. The normalized spacial score (nSPS) is 12.9. The molecule has 148 valence electrons. The van der Waals surface area contributed by atoms with Gasteiger partial charge in [-0.15, -0.1) is 0 Å². The number of hydrogen-bond donors (Lipinski definition) is 0. The van der Waals surface area contributed by atoms with Crippen LogP contribution in [-0.4, -0.2) is 23.4 Å². The molecule has 0 aromatic heterocycles. The number of ketones is 2. The van der Waals surface area contributed by atoms with E-state index in [2.05, 4.69) is 31.2 Å². The van der Waals surface area contributed by atoms with Crippen molar-refractivity contribution >= 4 is 29.1 Å². The van der Waals surface area contributed by atoms with E-state index in [4.69, 9.17) is 0 Å². The van der Waals surface area contributed by atoms with Crippen LogP contribution >= 0.6 is 0 Å². The van der Waals surface area contributed by atoms with Crippen LogP contribution in [0.3, 0.4) is 0 Å². The molecule has 1 aliphatic heterocycles. The zero-order chi connectivity index (χ0) is 21.4. The molecular formula is C24H23NO4. The maximum atomic E-state index is 11.6. The van der Waals surface area contributed by atoms with Crippen LogP contribution in [0.4, 0.5) is 5.69 Å². The minimum absolute atomic E-state index is 0.0970. The van der Waals surface area contributed by atoms with Gasteiger partial charge in [-0.2, -0.15) is 0 Å². The van der Waals surface area contributed by atoms with Gasteiger partial charge < -0.3 is 0 Å². The van der Waals surface area contributed by atoms with Crippen molar-refractivity contribution in [3.05, 3.63) is 89.5 Å². The summed E-state index contributed by atoms with van der Waals surface area (Å²) >= 11 is 0. The predicted molar refractivity (Wildman–Crippen MR) is 113 cm³/mol. The third-order valence-electron chi connectivity index (χ3n) is 4.09. The number of carbonyl (C=O) groups excluding carboxylic acids is 4. The van der Waals surface area contributed by atoms with E-state index in [1.54, 1.807) is 0 Å². The van der Waals surface area contributed by atoms with E-state index in [0.717, 1.165) is 12.0 Å². The third-order valence-corrected chi connectivity index (χ3v) is 4.09. The summed E-state index contributed by atoms with van der Waals surface area (Å²) in [5, 5.41) is 0. The van der Waals surface area contributed by atoms with E-state index in [1.165, 1.54) is 54.2 Å². The zero-order valence-electron chi connectivity index (χ0n) is 16.7. The Morgan fingerprint density at radius 2 is 1.17 bits per heavy atom. The molecule has 5 heteroatoms. The van der Waals surface area contributed by atoms with E-state index in [-0.39, 0.29) is 23.4 Å². The molecule has 0 saturated carbocycles. The largest absolute Gasteiger partial charge is 0.295 e. The second-order valence-electron chi connectivity index (χ2n) is 6.73. The highest BCUT2D eigenvalue weighted by atomic mass is 16.2. The number of aryl methyl sites for hydroxylation is 1. The van der Waals surface area contributed by atoms with Gasteiger partial charge in [0.05, 0.1) is 5.69 Å². The summed E-state index contributed by atoms with van der Waals surface area (Å²) in [6.45, 7) is 4.87. The van der Waals surface area contributed by atoms with Crippen LogP contribution < -0.4 is 4.90 Å². The second kappa shape index (κ2) is 10.1. The molecule has 1 aliphatic rings. The molecule has 5 nitrogen and oxygen atoms in total. The second-order valence-corrected chi connectivity index (χ2v) is 6.73. The Balaban J connectivity index is 0.000000321. The maximum absolute atomic E-state index is 11.6. The molecule has 0 N–H and O–H groups in total. The van der Waals surface area contributed by atoms with Crippen LogP contribution in [0.2, 0.25) is 0 Å². The highest BCUT2D eigenvalue weighted by Gasteiger charge is 2.24. The number of benzene rings is 2. The molecule has 0 unspecified atom stereocenters. The molecule has 0 atom stereocenters. The first-order valence-electron chi connectivity index (χ1n) is 9.16. The molecule has 0 saturated heterocycles. The summed E-state index contributed by atoms with van der Waals surface area (Å²) in [4.78, 5) is 44.6. The van der Waals surface area contributed by atoms with Gasteiger partial charge in [0.15, 0.2) is 11.6 Å². The first-order valence-corrected chi connectivity index (χ1v) is 9.16. The standard InChI is InChI=1S/C18H15NO2.C6H8O2/c1-13-2-4-14(5-3-13)12-15-6-8-16(9-7-15)19-17(20)10-11-18(19)21;1-5(7)3-4-6(2)8/h2-11H,12H2,1H3;3-4H,1-2H3/b;4-3-. The SMILES string of the molecule is CC(=O)/C=C\C(C)=O.Cc1ccc(Cc2ccc(N3C(=O)C=CC3=O)cc2)cc1. The molecule has 0 aliphatic carbocycles. The van der Waals surface area contributed by atoms with Crippen molar-refractivity contribution in [2.75, 3.05) is 4.90 Å². The number of rotatable bonds is 5. The topological polar surface area (TPSA) is 71.5 Å². The zero-order valence-corrected chi connectivity index (χ0v) is 16.7.